The van der Waals surface area contributed by atoms with Crippen LogP contribution in [0.4, 0.5) is 4.79 Å². The number of hydrogen-bond acceptors (Lipinski definition) is 5. The Morgan fingerprint density at radius 2 is 1.52 bits per heavy atom. The van der Waals surface area contributed by atoms with Crippen molar-refractivity contribution in [3.05, 3.63) is 114 Å². The molecule has 2 amide bonds. The summed E-state index contributed by atoms with van der Waals surface area (Å²) in [7, 11) is 0. The molecule has 1 aromatic heterocycles. The number of piperazine rings is 1. The third-order valence-corrected chi connectivity index (χ3v) is 7.42. The van der Waals surface area contributed by atoms with Gasteiger partial charge in [-0.25, -0.2) is 9.78 Å². The maximum Gasteiger partial charge on any atom is 0.407 e. The molecule has 40 heavy (non-hydrogen) atoms. The van der Waals surface area contributed by atoms with Crippen LogP contribution in [0.3, 0.4) is 0 Å². The van der Waals surface area contributed by atoms with Gasteiger partial charge in [-0.3, -0.25) is 4.79 Å². The summed E-state index contributed by atoms with van der Waals surface area (Å²) in [4.78, 5) is 33.6. The van der Waals surface area contributed by atoms with E-state index in [1.54, 1.807) is 21.6 Å². The van der Waals surface area contributed by atoms with E-state index in [-0.39, 0.29) is 37.8 Å². The first-order valence-electron chi connectivity index (χ1n) is 13.3. The van der Waals surface area contributed by atoms with Crippen LogP contribution in [0.25, 0.3) is 11.3 Å². The second kappa shape index (κ2) is 12.1. The van der Waals surface area contributed by atoms with Gasteiger partial charge < -0.3 is 29.7 Å². The molecular formula is C31H32N4O5. The number of aromatic nitrogens is 2. The van der Waals surface area contributed by atoms with E-state index in [1.165, 1.54) is 11.2 Å². The van der Waals surface area contributed by atoms with E-state index >= 15 is 0 Å². The van der Waals surface area contributed by atoms with Crippen molar-refractivity contribution in [3.8, 4) is 11.3 Å². The van der Waals surface area contributed by atoms with E-state index in [0.717, 1.165) is 5.56 Å². The first-order chi connectivity index (χ1) is 19.5. The zero-order valence-electron chi connectivity index (χ0n) is 22.0. The lowest BCUT2D eigenvalue weighted by Crippen LogP contribution is -2.57. The van der Waals surface area contributed by atoms with Crippen molar-refractivity contribution in [1.29, 1.82) is 0 Å². The highest BCUT2D eigenvalue weighted by molar-refractivity contribution is 5.98. The minimum atomic E-state index is -1.05. The largest absolute Gasteiger partial charge is 0.465 e. The SMILES string of the molecule is O=C(O)N1CCN(C(=O)c2ncn([C@@H](CO)[C@H](O)c3ccccc3)c2-c2ccccc2)[C@H](Cc2ccccc2)C1. The average molecular weight is 541 g/mol. The highest BCUT2D eigenvalue weighted by Crippen LogP contribution is 2.34. The number of carboxylic acid groups (broad SMARTS) is 1. The van der Waals surface area contributed by atoms with Gasteiger partial charge in [-0.15, -0.1) is 0 Å². The normalized spacial score (nSPS) is 16.9. The van der Waals surface area contributed by atoms with Crippen molar-refractivity contribution in [1.82, 2.24) is 19.4 Å². The lowest BCUT2D eigenvalue weighted by atomic mass is 10.00. The highest BCUT2D eigenvalue weighted by atomic mass is 16.4. The maximum atomic E-state index is 14.2. The molecule has 3 N–H and O–H groups in total. The smallest absolute Gasteiger partial charge is 0.407 e. The molecule has 1 fully saturated rings. The molecule has 9 heteroatoms. The number of carbonyl (C=O) groups is 2. The Morgan fingerprint density at radius 1 is 0.900 bits per heavy atom. The lowest BCUT2D eigenvalue weighted by Gasteiger charge is -2.40. The van der Waals surface area contributed by atoms with Crippen molar-refractivity contribution in [3.63, 3.8) is 0 Å². The van der Waals surface area contributed by atoms with Gasteiger partial charge in [-0.1, -0.05) is 91.0 Å². The van der Waals surface area contributed by atoms with Crippen molar-refractivity contribution < 1.29 is 24.9 Å². The topological polar surface area (TPSA) is 119 Å². The van der Waals surface area contributed by atoms with Crippen LogP contribution < -0.4 is 0 Å². The summed E-state index contributed by atoms with van der Waals surface area (Å²) >= 11 is 0. The number of benzene rings is 3. The lowest BCUT2D eigenvalue weighted by molar-refractivity contribution is 0.0446. The summed E-state index contributed by atoms with van der Waals surface area (Å²) in [5.41, 5.74) is 3.02. The Hall–Kier alpha value is -4.47. The molecule has 0 saturated carbocycles. The van der Waals surface area contributed by atoms with Gasteiger partial charge in [0.1, 0.15) is 6.10 Å². The Labute approximate surface area is 232 Å². The molecule has 0 spiro atoms. The fourth-order valence-electron chi connectivity index (χ4n) is 5.36. The Bertz CT molecular complexity index is 1430. The Kier molecular flexibility index (Phi) is 8.23. The van der Waals surface area contributed by atoms with E-state index in [0.29, 0.717) is 23.2 Å². The number of aliphatic hydroxyl groups is 2. The number of rotatable bonds is 8. The van der Waals surface area contributed by atoms with E-state index in [1.807, 2.05) is 78.9 Å². The zero-order chi connectivity index (χ0) is 28.1. The summed E-state index contributed by atoms with van der Waals surface area (Å²) in [6.07, 6.45) is -0.0812. The fraction of sp³-hybridized carbons (Fsp3) is 0.258. The predicted molar refractivity (Wildman–Crippen MR) is 150 cm³/mol. The molecule has 9 nitrogen and oxygen atoms in total. The van der Waals surface area contributed by atoms with Crippen LogP contribution in [-0.4, -0.2) is 79.0 Å². The summed E-state index contributed by atoms with van der Waals surface area (Å²) in [6, 6.07) is 26.8. The first-order valence-corrected chi connectivity index (χ1v) is 13.3. The fourth-order valence-corrected chi connectivity index (χ4v) is 5.36. The van der Waals surface area contributed by atoms with Crippen molar-refractivity contribution >= 4 is 12.0 Å². The van der Waals surface area contributed by atoms with Crippen LogP contribution in [0.2, 0.25) is 0 Å². The van der Waals surface area contributed by atoms with Gasteiger partial charge in [0.2, 0.25) is 0 Å². The molecule has 1 saturated heterocycles. The highest BCUT2D eigenvalue weighted by Gasteiger charge is 2.36. The quantitative estimate of drug-likeness (QED) is 0.312. The Balaban J connectivity index is 1.54. The van der Waals surface area contributed by atoms with E-state index in [9.17, 15) is 24.9 Å². The van der Waals surface area contributed by atoms with Crippen LogP contribution in [0.5, 0.6) is 0 Å². The molecule has 5 rings (SSSR count). The molecular weight excluding hydrogens is 508 g/mol. The third kappa shape index (κ3) is 5.61. The number of nitrogens with zero attached hydrogens (tertiary/aromatic N) is 4. The zero-order valence-corrected chi connectivity index (χ0v) is 22.0. The molecule has 1 aliphatic rings. The predicted octanol–water partition coefficient (Wildman–Crippen LogP) is 3.86. The first kappa shape index (κ1) is 27.1. The second-order valence-corrected chi connectivity index (χ2v) is 9.89. The molecule has 3 atom stereocenters. The van der Waals surface area contributed by atoms with E-state index < -0.39 is 24.3 Å². The summed E-state index contributed by atoms with van der Waals surface area (Å²) in [6.45, 7) is 0.219. The van der Waals surface area contributed by atoms with Gasteiger partial charge >= 0.3 is 6.09 Å². The number of carbonyl (C=O) groups excluding carboxylic acids is 1. The van der Waals surface area contributed by atoms with Gasteiger partial charge in [0, 0.05) is 25.2 Å². The number of hydrogen-bond donors (Lipinski definition) is 3. The minimum absolute atomic E-state index is 0.184. The van der Waals surface area contributed by atoms with Gasteiger partial charge in [-0.2, -0.15) is 0 Å². The van der Waals surface area contributed by atoms with Crippen LogP contribution in [0.15, 0.2) is 97.3 Å². The van der Waals surface area contributed by atoms with Gasteiger partial charge in [0.15, 0.2) is 5.69 Å². The third-order valence-electron chi connectivity index (χ3n) is 7.42. The molecule has 0 bridgehead atoms. The molecule has 0 aliphatic carbocycles. The van der Waals surface area contributed by atoms with Crippen LogP contribution in [0, 0.1) is 0 Å². The minimum Gasteiger partial charge on any atom is -0.465 e. The number of imidazole rings is 1. The van der Waals surface area contributed by atoms with Crippen LogP contribution >= 0.6 is 0 Å². The van der Waals surface area contributed by atoms with Crippen molar-refractivity contribution in [2.45, 2.75) is 24.6 Å². The van der Waals surface area contributed by atoms with Gasteiger partial charge in [0.05, 0.1) is 30.7 Å². The maximum absolute atomic E-state index is 14.2. The summed E-state index contributed by atoms with van der Waals surface area (Å²) < 4.78 is 1.67. The van der Waals surface area contributed by atoms with Crippen molar-refractivity contribution in [2.75, 3.05) is 26.2 Å². The Morgan fingerprint density at radius 3 is 2.15 bits per heavy atom. The molecule has 0 radical (unpaired) electrons. The summed E-state index contributed by atoms with van der Waals surface area (Å²) in [5, 5.41) is 31.3. The molecule has 1 aliphatic heterocycles. The number of aliphatic hydroxyl groups excluding tert-OH is 2. The van der Waals surface area contributed by atoms with Gasteiger partial charge in [-0.05, 0) is 17.5 Å². The molecule has 3 aromatic carbocycles. The van der Waals surface area contributed by atoms with E-state index in [2.05, 4.69) is 4.98 Å². The second-order valence-electron chi connectivity index (χ2n) is 9.89. The summed E-state index contributed by atoms with van der Waals surface area (Å²) in [5.74, 6) is -0.325. The van der Waals surface area contributed by atoms with Gasteiger partial charge in [0.25, 0.3) is 5.91 Å². The molecule has 4 aromatic rings. The number of amides is 2. The van der Waals surface area contributed by atoms with Crippen LogP contribution in [-0.2, 0) is 6.42 Å². The molecule has 206 valence electrons. The molecule has 0 unspecified atom stereocenters. The standard InChI is InChI=1S/C31H32N4O5/c36-20-26(29(37)24-14-8-3-9-15-24)35-21-32-27(28(35)23-12-6-2-7-13-23)30(38)34-17-16-33(31(39)40)19-25(34)18-22-10-4-1-5-11-22/h1-15,21,25-26,29,36-37H,16-20H2,(H,39,40)/t25-,26+,29-/m1/s1. The van der Waals surface area contributed by atoms with Crippen molar-refractivity contribution in [2.24, 2.45) is 0 Å². The van der Waals surface area contributed by atoms with E-state index in [4.69, 9.17) is 0 Å². The monoisotopic (exact) mass is 540 g/mol. The van der Waals surface area contributed by atoms with Crippen LogP contribution in [0.1, 0.15) is 33.8 Å². The average Bonchev–Trinajstić information content (AvgIpc) is 3.43. The molecule has 2 heterocycles.